The van der Waals surface area contributed by atoms with Crippen LogP contribution in [0.25, 0.3) is 0 Å². The Morgan fingerprint density at radius 2 is 2.33 bits per heavy atom. The Labute approximate surface area is 96.9 Å². The van der Waals surface area contributed by atoms with E-state index in [0.29, 0.717) is 11.2 Å². The minimum Gasteiger partial charge on any atom is -0.332 e. The summed E-state index contributed by atoms with van der Waals surface area (Å²) in [6, 6.07) is 0. The van der Waals surface area contributed by atoms with Crippen molar-refractivity contribution in [2.24, 2.45) is 0 Å². The van der Waals surface area contributed by atoms with Crippen LogP contribution < -0.4 is 4.72 Å². The highest BCUT2D eigenvalue weighted by molar-refractivity contribution is 9.09. The molecule has 0 saturated heterocycles. The molecule has 1 aromatic heterocycles. The van der Waals surface area contributed by atoms with Crippen LogP contribution in [0.3, 0.4) is 0 Å². The summed E-state index contributed by atoms with van der Waals surface area (Å²) in [5, 5.41) is 0.777. The largest absolute Gasteiger partial charge is 0.332 e. The van der Waals surface area contributed by atoms with Crippen molar-refractivity contribution in [2.75, 3.05) is 5.33 Å². The standard InChI is InChI=1S/C8H12BrN3O2S/c1-6-10-4-7(11-6)15(13,14)12-8(5-9)2-3-8/h4,12H,2-3,5H2,1H3,(H,10,11). The minimum atomic E-state index is -3.44. The fourth-order valence-electron chi connectivity index (χ4n) is 1.29. The Bertz CT molecular complexity index is 464. The first-order chi connectivity index (χ1) is 6.97. The average Bonchev–Trinajstić information content (AvgIpc) is 2.78. The zero-order valence-corrected chi connectivity index (χ0v) is 10.7. The second kappa shape index (κ2) is 3.57. The quantitative estimate of drug-likeness (QED) is 0.811. The van der Waals surface area contributed by atoms with Crippen LogP contribution in [0.2, 0.25) is 0 Å². The maximum Gasteiger partial charge on any atom is 0.258 e. The first kappa shape index (κ1) is 11.1. The van der Waals surface area contributed by atoms with E-state index in [1.807, 2.05) is 0 Å². The third-order valence-corrected chi connectivity index (χ3v) is 4.99. The lowest BCUT2D eigenvalue weighted by atomic mass is 10.4. The number of nitrogens with zero attached hydrogens (tertiary/aromatic N) is 1. The lowest BCUT2D eigenvalue weighted by Gasteiger charge is -2.12. The van der Waals surface area contributed by atoms with Crippen LogP contribution in [-0.2, 0) is 10.0 Å². The molecule has 2 N–H and O–H groups in total. The van der Waals surface area contributed by atoms with Gasteiger partial charge < -0.3 is 4.98 Å². The molecule has 1 saturated carbocycles. The molecule has 5 nitrogen and oxygen atoms in total. The summed E-state index contributed by atoms with van der Waals surface area (Å²) in [5.74, 6) is 0.596. The highest BCUT2D eigenvalue weighted by atomic mass is 79.9. The molecule has 0 bridgehead atoms. The fraction of sp³-hybridized carbons (Fsp3) is 0.625. The van der Waals surface area contributed by atoms with Gasteiger partial charge in [-0.25, -0.2) is 18.1 Å². The van der Waals surface area contributed by atoms with E-state index in [0.717, 1.165) is 12.8 Å². The molecule has 0 unspecified atom stereocenters. The first-order valence-corrected chi connectivity index (χ1v) is 7.19. The molecule has 84 valence electrons. The van der Waals surface area contributed by atoms with E-state index in [1.165, 1.54) is 6.20 Å². The smallest absolute Gasteiger partial charge is 0.258 e. The van der Waals surface area contributed by atoms with E-state index in [-0.39, 0.29) is 10.6 Å². The third-order valence-electron chi connectivity index (χ3n) is 2.43. The maximum atomic E-state index is 11.9. The van der Waals surface area contributed by atoms with E-state index in [9.17, 15) is 8.42 Å². The van der Waals surface area contributed by atoms with Crippen LogP contribution in [0, 0.1) is 6.92 Å². The van der Waals surface area contributed by atoms with Crippen molar-refractivity contribution in [3.8, 4) is 0 Å². The SMILES string of the molecule is Cc1ncc(S(=O)(=O)NC2(CBr)CC2)[nH]1. The molecule has 0 atom stereocenters. The normalized spacial score (nSPS) is 19.1. The van der Waals surface area contributed by atoms with Gasteiger partial charge in [0.25, 0.3) is 10.0 Å². The number of aromatic amines is 1. The zero-order valence-electron chi connectivity index (χ0n) is 8.25. The third kappa shape index (κ3) is 2.24. The predicted molar refractivity (Wildman–Crippen MR) is 59.4 cm³/mol. The number of aromatic nitrogens is 2. The molecule has 0 amide bonds. The van der Waals surface area contributed by atoms with E-state index in [1.54, 1.807) is 6.92 Å². The van der Waals surface area contributed by atoms with E-state index in [2.05, 4.69) is 30.6 Å². The summed E-state index contributed by atoms with van der Waals surface area (Å²) in [7, 11) is -3.44. The van der Waals surface area contributed by atoms with E-state index in [4.69, 9.17) is 0 Å². The topological polar surface area (TPSA) is 74.8 Å². The van der Waals surface area contributed by atoms with E-state index >= 15 is 0 Å². The molecule has 1 heterocycles. The second-order valence-corrected chi connectivity index (χ2v) is 6.06. The van der Waals surface area contributed by atoms with Gasteiger partial charge in [-0.15, -0.1) is 0 Å². The van der Waals surface area contributed by atoms with Crippen LogP contribution in [0.5, 0.6) is 0 Å². The summed E-state index contributed by atoms with van der Waals surface area (Å²) in [6.45, 7) is 1.72. The van der Waals surface area contributed by atoms with Crippen LogP contribution in [-0.4, -0.2) is 29.3 Å². The lowest BCUT2D eigenvalue weighted by molar-refractivity contribution is 0.557. The van der Waals surface area contributed by atoms with Gasteiger partial charge in [-0.2, -0.15) is 0 Å². The molecule has 1 aliphatic carbocycles. The van der Waals surface area contributed by atoms with Crippen LogP contribution in [0.4, 0.5) is 0 Å². The highest BCUT2D eigenvalue weighted by Gasteiger charge is 2.45. The molecule has 2 rings (SSSR count). The van der Waals surface area contributed by atoms with Gasteiger partial charge in [0.2, 0.25) is 0 Å². The number of nitrogens with one attached hydrogen (secondary N) is 2. The molecule has 1 fully saturated rings. The number of alkyl halides is 1. The van der Waals surface area contributed by atoms with Crippen molar-refractivity contribution < 1.29 is 8.42 Å². The van der Waals surface area contributed by atoms with Gasteiger partial charge in [0, 0.05) is 10.9 Å². The summed E-state index contributed by atoms with van der Waals surface area (Å²) >= 11 is 3.31. The Kier molecular flexibility index (Phi) is 2.64. The summed E-state index contributed by atoms with van der Waals surface area (Å²) in [6.07, 6.45) is 3.09. The van der Waals surface area contributed by atoms with Crippen molar-refractivity contribution in [1.29, 1.82) is 0 Å². The van der Waals surface area contributed by atoms with Gasteiger partial charge >= 0.3 is 0 Å². The minimum absolute atomic E-state index is 0.132. The number of hydrogen-bond donors (Lipinski definition) is 2. The van der Waals surface area contributed by atoms with Crippen molar-refractivity contribution in [3.05, 3.63) is 12.0 Å². The van der Waals surface area contributed by atoms with E-state index < -0.39 is 10.0 Å². The van der Waals surface area contributed by atoms with Crippen LogP contribution in [0.15, 0.2) is 11.2 Å². The lowest BCUT2D eigenvalue weighted by Crippen LogP contribution is -2.38. The number of rotatable bonds is 4. The molecule has 0 radical (unpaired) electrons. The highest BCUT2D eigenvalue weighted by Crippen LogP contribution is 2.38. The predicted octanol–water partition coefficient (Wildman–Crippen LogP) is 0.924. The molecule has 0 aromatic carbocycles. The number of hydrogen-bond acceptors (Lipinski definition) is 3. The number of H-pyrrole nitrogens is 1. The molecule has 0 spiro atoms. The molecule has 15 heavy (non-hydrogen) atoms. The van der Waals surface area contributed by atoms with Crippen molar-refractivity contribution in [3.63, 3.8) is 0 Å². The summed E-state index contributed by atoms with van der Waals surface area (Å²) < 4.78 is 26.4. The molecule has 0 aliphatic heterocycles. The van der Waals surface area contributed by atoms with Gasteiger partial charge in [0.15, 0.2) is 5.03 Å². The molecule has 1 aliphatic rings. The Morgan fingerprint density at radius 1 is 1.67 bits per heavy atom. The van der Waals surface area contributed by atoms with Gasteiger partial charge in [-0.1, -0.05) is 15.9 Å². The molecule has 1 aromatic rings. The second-order valence-electron chi connectivity index (χ2n) is 3.85. The van der Waals surface area contributed by atoms with Gasteiger partial charge in [-0.3, -0.25) is 0 Å². The molecule has 7 heteroatoms. The van der Waals surface area contributed by atoms with Crippen molar-refractivity contribution >= 4 is 26.0 Å². The van der Waals surface area contributed by atoms with Crippen LogP contribution >= 0.6 is 15.9 Å². The van der Waals surface area contributed by atoms with Crippen molar-refractivity contribution in [1.82, 2.24) is 14.7 Å². The Morgan fingerprint density at radius 3 is 2.73 bits per heavy atom. The molecular weight excluding hydrogens is 282 g/mol. The first-order valence-electron chi connectivity index (χ1n) is 4.59. The monoisotopic (exact) mass is 293 g/mol. The Balaban J connectivity index is 2.21. The summed E-state index contributed by atoms with van der Waals surface area (Å²) in [4.78, 5) is 6.59. The van der Waals surface area contributed by atoms with Gasteiger partial charge in [0.1, 0.15) is 5.82 Å². The van der Waals surface area contributed by atoms with Gasteiger partial charge in [0.05, 0.1) is 6.20 Å². The Hall–Kier alpha value is -0.400. The van der Waals surface area contributed by atoms with Crippen LogP contribution in [0.1, 0.15) is 18.7 Å². The average molecular weight is 294 g/mol. The number of aryl methyl sites for hydroxylation is 1. The molecular formula is C8H12BrN3O2S. The zero-order chi connectivity index (χ0) is 11.1. The fourth-order valence-corrected chi connectivity index (χ4v) is 3.61. The summed E-state index contributed by atoms with van der Waals surface area (Å²) in [5.41, 5.74) is -0.280. The number of sulfonamides is 1. The maximum absolute atomic E-state index is 11.9. The van der Waals surface area contributed by atoms with Gasteiger partial charge in [-0.05, 0) is 19.8 Å². The number of halogens is 1. The number of imidazole rings is 1. The van der Waals surface area contributed by atoms with Crippen molar-refractivity contribution in [2.45, 2.75) is 30.3 Å².